The average Bonchev–Trinajstić information content (AvgIpc) is 2.18. The maximum absolute atomic E-state index is 11.2. The van der Waals surface area contributed by atoms with Crippen LogP contribution < -0.4 is 5.32 Å². The van der Waals surface area contributed by atoms with Crippen molar-refractivity contribution in [3.8, 4) is 12.3 Å². The van der Waals surface area contributed by atoms with Gasteiger partial charge in [0.1, 0.15) is 5.78 Å². The molecule has 0 fully saturated rings. The molecule has 80 valence electrons. The van der Waals surface area contributed by atoms with Crippen LogP contribution >= 0.6 is 0 Å². The van der Waals surface area contributed by atoms with Gasteiger partial charge in [-0.05, 0) is 6.42 Å². The molecule has 0 heterocycles. The molecule has 0 radical (unpaired) electrons. The molecule has 2 heteroatoms. The largest absolute Gasteiger partial charge is 0.299 e. The van der Waals surface area contributed by atoms with Crippen molar-refractivity contribution in [3.63, 3.8) is 0 Å². The Bertz CT molecular complexity index is 181. The lowest BCUT2D eigenvalue weighted by atomic mass is 10.1. The number of terminal acetylenes is 1. The molecule has 1 N–H and O–H groups in total. The van der Waals surface area contributed by atoms with Gasteiger partial charge in [0.05, 0.1) is 13.1 Å². The molecule has 0 saturated heterocycles. The van der Waals surface area contributed by atoms with Gasteiger partial charge in [0.15, 0.2) is 0 Å². The first-order valence-corrected chi connectivity index (χ1v) is 5.47. The van der Waals surface area contributed by atoms with Crippen LogP contribution in [0.5, 0.6) is 0 Å². The van der Waals surface area contributed by atoms with E-state index in [0.29, 0.717) is 19.5 Å². The lowest BCUT2D eigenvalue weighted by Gasteiger charge is -2.01. The Morgan fingerprint density at radius 2 is 2.00 bits per heavy atom. The molecule has 2 nitrogen and oxygen atoms in total. The van der Waals surface area contributed by atoms with Crippen LogP contribution in [0.4, 0.5) is 0 Å². The van der Waals surface area contributed by atoms with Gasteiger partial charge >= 0.3 is 0 Å². The standard InChI is InChI=1S/C12H21NO/c1-3-5-6-7-8-9-12(14)11-13-10-4-2/h2,13H,3,5-11H2,1H3. The average molecular weight is 195 g/mol. The zero-order chi connectivity index (χ0) is 10.6. The van der Waals surface area contributed by atoms with Crippen molar-refractivity contribution in [2.45, 2.75) is 45.4 Å². The summed E-state index contributed by atoms with van der Waals surface area (Å²) in [5.74, 6) is 2.72. The van der Waals surface area contributed by atoms with Gasteiger partial charge in [-0.1, -0.05) is 38.5 Å². The summed E-state index contributed by atoms with van der Waals surface area (Å²) in [6.45, 7) is 3.11. The summed E-state index contributed by atoms with van der Waals surface area (Å²) >= 11 is 0. The zero-order valence-corrected chi connectivity index (χ0v) is 9.14. The Morgan fingerprint density at radius 1 is 1.29 bits per heavy atom. The van der Waals surface area contributed by atoms with E-state index in [-0.39, 0.29) is 5.78 Å². The van der Waals surface area contributed by atoms with E-state index >= 15 is 0 Å². The van der Waals surface area contributed by atoms with E-state index in [1.165, 1.54) is 25.7 Å². The van der Waals surface area contributed by atoms with E-state index in [9.17, 15) is 4.79 Å². The molecule has 0 spiro atoms. The third-order valence-corrected chi connectivity index (χ3v) is 2.11. The van der Waals surface area contributed by atoms with Crippen LogP contribution in [0.15, 0.2) is 0 Å². The van der Waals surface area contributed by atoms with Crippen molar-refractivity contribution in [2.75, 3.05) is 13.1 Å². The second-order valence-corrected chi connectivity index (χ2v) is 3.51. The van der Waals surface area contributed by atoms with Gasteiger partial charge in [-0.15, -0.1) is 6.42 Å². The zero-order valence-electron chi connectivity index (χ0n) is 9.14. The Labute approximate surface area is 87.5 Å². The van der Waals surface area contributed by atoms with E-state index in [2.05, 4.69) is 18.2 Å². The molecule has 0 bridgehead atoms. The van der Waals surface area contributed by atoms with Crippen LogP contribution in [0, 0.1) is 12.3 Å². The van der Waals surface area contributed by atoms with Crippen molar-refractivity contribution in [1.82, 2.24) is 5.32 Å². The number of carbonyl (C=O) groups excluding carboxylic acids is 1. The van der Waals surface area contributed by atoms with Crippen LogP contribution in [0.3, 0.4) is 0 Å². The SMILES string of the molecule is C#CCNCC(=O)CCCCCCC. The summed E-state index contributed by atoms with van der Waals surface area (Å²) in [6, 6.07) is 0. The van der Waals surface area contributed by atoms with Gasteiger partial charge in [-0.3, -0.25) is 10.1 Å². The number of carbonyl (C=O) groups is 1. The summed E-state index contributed by atoms with van der Waals surface area (Å²) in [5, 5.41) is 2.90. The first kappa shape index (κ1) is 13.2. The predicted molar refractivity (Wildman–Crippen MR) is 60.1 cm³/mol. The second kappa shape index (κ2) is 10.3. The fraction of sp³-hybridized carbons (Fsp3) is 0.750. The lowest BCUT2D eigenvalue weighted by Crippen LogP contribution is -2.22. The fourth-order valence-electron chi connectivity index (χ4n) is 1.29. The molecule has 0 aliphatic carbocycles. The van der Waals surface area contributed by atoms with Crippen LogP contribution in [-0.4, -0.2) is 18.9 Å². The summed E-state index contributed by atoms with van der Waals surface area (Å²) < 4.78 is 0. The van der Waals surface area contributed by atoms with Gasteiger partial charge < -0.3 is 0 Å². The minimum absolute atomic E-state index is 0.275. The Kier molecular flexibility index (Phi) is 9.68. The number of Topliss-reactive ketones (excluding diaryl/α,β-unsaturated/α-hetero) is 1. The molecule has 0 saturated carbocycles. The number of unbranched alkanes of at least 4 members (excludes halogenated alkanes) is 4. The molecule has 0 atom stereocenters. The highest BCUT2D eigenvalue weighted by atomic mass is 16.1. The van der Waals surface area contributed by atoms with Crippen molar-refractivity contribution < 1.29 is 4.79 Å². The molecule has 0 unspecified atom stereocenters. The van der Waals surface area contributed by atoms with Crippen LogP contribution in [0.2, 0.25) is 0 Å². The van der Waals surface area contributed by atoms with Gasteiger partial charge in [-0.25, -0.2) is 0 Å². The molecule has 14 heavy (non-hydrogen) atoms. The van der Waals surface area contributed by atoms with Crippen molar-refractivity contribution in [1.29, 1.82) is 0 Å². The predicted octanol–water partition coefficient (Wildman–Crippen LogP) is 2.14. The maximum Gasteiger partial charge on any atom is 0.146 e. The highest BCUT2D eigenvalue weighted by Crippen LogP contribution is 2.04. The Balaban J connectivity index is 3.15. The second-order valence-electron chi connectivity index (χ2n) is 3.51. The van der Waals surface area contributed by atoms with E-state index in [4.69, 9.17) is 6.42 Å². The Morgan fingerprint density at radius 3 is 2.64 bits per heavy atom. The third-order valence-electron chi connectivity index (χ3n) is 2.11. The molecule has 0 amide bonds. The molecule has 0 aromatic carbocycles. The summed E-state index contributed by atoms with van der Waals surface area (Å²) in [5.41, 5.74) is 0. The lowest BCUT2D eigenvalue weighted by molar-refractivity contribution is -0.118. The number of rotatable bonds is 9. The molecular weight excluding hydrogens is 174 g/mol. The molecule has 0 aliphatic heterocycles. The summed E-state index contributed by atoms with van der Waals surface area (Å²) in [7, 11) is 0. The monoisotopic (exact) mass is 195 g/mol. The first-order chi connectivity index (χ1) is 6.81. The Hall–Kier alpha value is -0.810. The van der Waals surface area contributed by atoms with E-state index in [1.807, 2.05) is 0 Å². The minimum atomic E-state index is 0.275. The third kappa shape index (κ3) is 9.28. The van der Waals surface area contributed by atoms with E-state index in [0.717, 1.165) is 6.42 Å². The summed E-state index contributed by atoms with van der Waals surface area (Å²) in [6.07, 6.45) is 11.7. The van der Waals surface area contributed by atoms with Crippen LogP contribution in [-0.2, 0) is 4.79 Å². The van der Waals surface area contributed by atoms with Gasteiger partial charge in [0.2, 0.25) is 0 Å². The number of ketones is 1. The van der Waals surface area contributed by atoms with Crippen molar-refractivity contribution in [3.05, 3.63) is 0 Å². The number of nitrogens with one attached hydrogen (secondary N) is 1. The van der Waals surface area contributed by atoms with Crippen molar-refractivity contribution >= 4 is 5.78 Å². The van der Waals surface area contributed by atoms with E-state index < -0.39 is 0 Å². The van der Waals surface area contributed by atoms with Gasteiger partial charge in [0, 0.05) is 6.42 Å². The quantitative estimate of drug-likeness (QED) is 0.451. The van der Waals surface area contributed by atoms with Crippen LogP contribution in [0.1, 0.15) is 45.4 Å². The van der Waals surface area contributed by atoms with Gasteiger partial charge in [-0.2, -0.15) is 0 Å². The summed E-state index contributed by atoms with van der Waals surface area (Å²) in [4.78, 5) is 11.2. The highest BCUT2D eigenvalue weighted by molar-refractivity contribution is 5.80. The maximum atomic E-state index is 11.2. The topological polar surface area (TPSA) is 29.1 Å². The van der Waals surface area contributed by atoms with E-state index in [1.54, 1.807) is 0 Å². The number of hydrogen-bond donors (Lipinski definition) is 1. The minimum Gasteiger partial charge on any atom is -0.299 e. The molecular formula is C12H21NO. The van der Waals surface area contributed by atoms with Crippen molar-refractivity contribution in [2.24, 2.45) is 0 Å². The molecule has 0 aromatic rings. The molecule has 0 rings (SSSR count). The van der Waals surface area contributed by atoms with Crippen LogP contribution in [0.25, 0.3) is 0 Å². The first-order valence-electron chi connectivity index (χ1n) is 5.47. The van der Waals surface area contributed by atoms with Gasteiger partial charge in [0.25, 0.3) is 0 Å². The molecule has 0 aliphatic rings. The molecule has 0 aromatic heterocycles. The fourth-order valence-corrected chi connectivity index (χ4v) is 1.29. The smallest absolute Gasteiger partial charge is 0.146 e. The normalized spacial score (nSPS) is 9.71. The highest BCUT2D eigenvalue weighted by Gasteiger charge is 1.99. The number of hydrogen-bond acceptors (Lipinski definition) is 2.